The summed E-state index contributed by atoms with van der Waals surface area (Å²) in [6, 6.07) is 7.05. The van der Waals surface area contributed by atoms with Gasteiger partial charge in [0.1, 0.15) is 6.42 Å². The van der Waals surface area contributed by atoms with Crippen LogP contribution in [0.3, 0.4) is 0 Å². The molecule has 0 bridgehead atoms. The van der Waals surface area contributed by atoms with Crippen LogP contribution in [0.1, 0.15) is 13.3 Å². The molecule has 1 aromatic rings. The zero-order valence-electron chi connectivity index (χ0n) is 10.9. The van der Waals surface area contributed by atoms with E-state index in [1.165, 1.54) is 11.9 Å². The second kappa shape index (κ2) is 4.88. The average Bonchev–Trinajstić information content (AvgIpc) is 2.79. The summed E-state index contributed by atoms with van der Waals surface area (Å²) in [6.07, 6.45) is -0.357. The van der Waals surface area contributed by atoms with Crippen molar-refractivity contribution >= 4 is 51.0 Å². The number of carbonyl (C=O) groups excluding carboxylic acids is 3. The number of guanidine groups is 1. The molecule has 0 spiro atoms. The zero-order valence-corrected chi connectivity index (χ0v) is 12.5. The third kappa shape index (κ3) is 2.27. The van der Waals surface area contributed by atoms with E-state index in [1.54, 1.807) is 24.3 Å². The summed E-state index contributed by atoms with van der Waals surface area (Å²) >= 11 is 3.32. The number of anilines is 1. The van der Waals surface area contributed by atoms with Gasteiger partial charge in [0, 0.05) is 11.4 Å². The van der Waals surface area contributed by atoms with Crippen LogP contribution in [0.4, 0.5) is 5.69 Å². The van der Waals surface area contributed by atoms with Crippen molar-refractivity contribution in [2.24, 2.45) is 10.1 Å². The lowest BCUT2D eigenvalue weighted by atomic mass is 10.2. The van der Waals surface area contributed by atoms with Gasteiger partial charge >= 0.3 is 0 Å². The highest BCUT2D eigenvalue weighted by atomic mass is 79.9. The summed E-state index contributed by atoms with van der Waals surface area (Å²) in [4.78, 5) is 40.1. The van der Waals surface area contributed by atoms with Crippen molar-refractivity contribution in [3.05, 3.63) is 28.7 Å². The molecule has 2 aliphatic rings. The molecule has 2 amide bonds. The third-order valence-electron chi connectivity index (χ3n) is 2.96. The first-order valence-electron chi connectivity index (χ1n) is 6.07. The van der Waals surface area contributed by atoms with Gasteiger partial charge in [0.05, 0.1) is 5.69 Å². The monoisotopic (exact) mass is 348 g/mol. The van der Waals surface area contributed by atoms with E-state index in [9.17, 15) is 14.4 Å². The van der Waals surface area contributed by atoms with E-state index in [2.05, 4.69) is 26.0 Å². The lowest BCUT2D eigenvalue weighted by molar-refractivity contribution is -0.131. The number of benzene rings is 1. The van der Waals surface area contributed by atoms with Gasteiger partial charge in [0.2, 0.25) is 17.7 Å². The van der Waals surface area contributed by atoms with Crippen LogP contribution in [-0.2, 0) is 14.4 Å². The number of amides is 2. The zero-order chi connectivity index (χ0) is 15.1. The molecule has 0 unspecified atom stereocenters. The molecule has 1 aromatic carbocycles. The number of hydrazone groups is 1. The Morgan fingerprint density at radius 1 is 1.24 bits per heavy atom. The highest BCUT2D eigenvalue weighted by molar-refractivity contribution is 9.10. The Kier molecular flexibility index (Phi) is 3.17. The number of amidine groups is 1. The number of halogens is 1. The summed E-state index contributed by atoms with van der Waals surface area (Å²) in [5.74, 6) is -1.41. The van der Waals surface area contributed by atoms with E-state index in [4.69, 9.17) is 0 Å². The van der Waals surface area contributed by atoms with Crippen LogP contribution >= 0.6 is 15.9 Å². The van der Waals surface area contributed by atoms with Gasteiger partial charge in [0.15, 0.2) is 5.78 Å². The maximum Gasteiger partial charge on any atom is 0.258 e. The standard InChI is InChI=1S/C13H9BrN4O3/c1-7(19)12-16-18(9-4-2-8(14)3-5-9)13-15-10(20)6-11(21)17(12)13/h2-5H,6H2,1H3. The predicted molar refractivity (Wildman–Crippen MR) is 78.6 cm³/mol. The van der Waals surface area contributed by atoms with Gasteiger partial charge in [-0.05, 0) is 24.3 Å². The molecule has 0 fully saturated rings. The Bertz CT molecular complexity index is 723. The number of aliphatic imine (C=N–C) groups is 1. The van der Waals surface area contributed by atoms with Crippen LogP contribution in [0.2, 0.25) is 0 Å². The fraction of sp³-hybridized carbons (Fsp3) is 0.154. The molecule has 3 rings (SSSR count). The fourth-order valence-corrected chi connectivity index (χ4v) is 2.31. The molecule has 0 atom stereocenters. The van der Waals surface area contributed by atoms with Crippen LogP contribution in [0.25, 0.3) is 0 Å². The molecule has 2 heterocycles. The number of rotatable bonds is 2. The molecule has 0 aromatic heterocycles. The minimum atomic E-state index is -0.548. The summed E-state index contributed by atoms with van der Waals surface area (Å²) in [5, 5.41) is 5.44. The van der Waals surface area contributed by atoms with Crippen molar-refractivity contribution in [2.75, 3.05) is 5.01 Å². The van der Waals surface area contributed by atoms with Crippen molar-refractivity contribution in [3.63, 3.8) is 0 Å². The first-order valence-corrected chi connectivity index (χ1v) is 6.86. The molecule has 0 N–H and O–H groups in total. The first kappa shape index (κ1) is 13.6. The Balaban J connectivity index is 2.11. The summed E-state index contributed by atoms with van der Waals surface area (Å²) < 4.78 is 0.871. The van der Waals surface area contributed by atoms with Gasteiger partial charge in [-0.3, -0.25) is 14.4 Å². The van der Waals surface area contributed by atoms with Gasteiger partial charge in [-0.1, -0.05) is 15.9 Å². The topological polar surface area (TPSA) is 82.4 Å². The number of hydrogen-bond acceptors (Lipinski definition) is 5. The molecule has 106 valence electrons. The number of Topliss-reactive ketones (excluding diaryl/α,β-unsaturated/α-hetero) is 1. The van der Waals surface area contributed by atoms with Gasteiger partial charge in [-0.25, -0.2) is 4.90 Å². The molecule has 8 heteroatoms. The summed E-state index contributed by atoms with van der Waals surface area (Å²) in [7, 11) is 0. The lowest BCUT2D eigenvalue weighted by Gasteiger charge is -2.23. The van der Waals surface area contributed by atoms with Crippen LogP contribution < -0.4 is 5.01 Å². The summed E-state index contributed by atoms with van der Waals surface area (Å²) in [6.45, 7) is 1.31. The maximum absolute atomic E-state index is 12.0. The average molecular weight is 349 g/mol. The molecular weight excluding hydrogens is 340 g/mol. The largest absolute Gasteiger partial charge is 0.291 e. The quantitative estimate of drug-likeness (QED) is 0.754. The van der Waals surface area contributed by atoms with Crippen molar-refractivity contribution in [1.29, 1.82) is 0 Å². The fourth-order valence-electron chi connectivity index (χ4n) is 2.04. The van der Waals surface area contributed by atoms with E-state index < -0.39 is 11.8 Å². The number of ketones is 1. The van der Waals surface area contributed by atoms with Crippen LogP contribution in [-0.4, -0.2) is 34.3 Å². The van der Waals surface area contributed by atoms with Gasteiger partial charge in [0.25, 0.3) is 5.91 Å². The second-order valence-corrected chi connectivity index (χ2v) is 5.40. The van der Waals surface area contributed by atoms with Crippen LogP contribution in [0, 0.1) is 0 Å². The first-order chi connectivity index (χ1) is 9.97. The van der Waals surface area contributed by atoms with Gasteiger partial charge < -0.3 is 0 Å². The van der Waals surface area contributed by atoms with Crippen molar-refractivity contribution in [1.82, 2.24) is 4.90 Å². The number of carbonyl (C=O) groups is 3. The van der Waals surface area contributed by atoms with Crippen LogP contribution in [0.15, 0.2) is 38.8 Å². The molecule has 2 aliphatic heterocycles. The molecule has 0 saturated carbocycles. The Morgan fingerprint density at radius 3 is 2.52 bits per heavy atom. The number of nitrogens with zero attached hydrogens (tertiary/aromatic N) is 4. The third-order valence-corrected chi connectivity index (χ3v) is 3.49. The Morgan fingerprint density at radius 2 is 1.90 bits per heavy atom. The van der Waals surface area contributed by atoms with E-state index >= 15 is 0 Å². The molecule has 7 nitrogen and oxygen atoms in total. The highest BCUT2D eigenvalue weighted by Gasteiger charge is 2.42. The van der Waals surface area contributed by atoms with E-state index in [0.717, 1.165) is 9.37 Å². The SMILES string of the molecule is CC(=O)C1=NN(c2ccc(Br)cc2)C2=NC(=O)CC(=O)N12. The number of fused-ring (bicyclic) bond motifs is 1. The van der Waals surface area contributed by atoms with Crippen molar-refractivity contribution in [3.8, 4) is 0 Å². The minimum absolute atomic E-state index is 0.0332. The Labute approximate surface area is 128 Å². The van der Waals surface area contributed by atoms with Crippen molar-refractivity contribution in [2.45, 2.75) is 13.3 Å². The van der Waals surface area contributed by atoms with Gasteiger partial charge in [-0.2, -0.15) is 10.0 Å². The predicted octanol–water partition coefficient (Wildman–Crippen LogP) is 1.29. The Hall–Kier alpha value is -2.35. The lowest BCUT2D eigenvalue weighted by Crippen LogP contribution is -2.47. The molecule has 0 aliphatic carbocycles. The van der Waals surface area contributed by atoms with E-state index in [1.807, 2.05) is 0 Å². The number of hydrogen-bond donors (Lipinski definition) is 0. The highest BCUT2D eigenvalue weighted by Crippen LogP contribution is 2.26. The van der Waals surface area contributed by atoms with Crippen LogP contribution in [0.5, 0.6) is 0 Å². The van der Waals surface area contributed by atoms with Crippen molar-refractivity contribution < 1.29 is 14.4 Å². The normalized spacial score (nSPS) is 17.6. The molecule has 0 radical (unpaired) electrons. The molecule has 21 heavy (non-hydrogen) atoms. The second-order valence-electron chi connectivity index (χ2n) is 4.48. The minimum Gasteiger partial charge on any atom is -0.291 e. The molecule has 0 saturated heterocycles. The molecular formula is C13H9BrN4O3. The summed E-state index contributed by atoms with van der Waals surface area (Å²) in [5.41, 5.74) is 0.598. The smallest absolute Gasteiger partial charge is 0.258 e. The maximum atomic E-state index is 12.0. The van der Waals surface area contributed by atoms with E-state index in [-0.39, 0.29) is 24.0 Å². The van der Waals surface area contributed by atoms with E-state index in [0.29, 0.717) is 5.69 Å². The van der Waals surface area contributed by atoms with Gasteiger partial charge in [-0.15, -0.1) is 5.10 Å².